The van der Waals surface area contributed by atoms with Gasteiger partial charge in [0.1, 0.15) is 5.92 Å². The number of aryl methyl sites for hydroxylation is 2. The molecule has 0 aliphatic rings. The number of nitriles is 1. The predicted octanol–water partition coefficient (Wildman–Crippen LogP) is 2.74. The lowest BCUT2D eigenvalue weighted by Gasteiger charge is -2.10. The third-order valence-electron chi connectivity index (χ3n) is 2.22. The molecule has 0 N–H and O–H groups in total. The second-order valence-electron chi connectivity index (χ2n) is 3.86. The van der Waals surface area contributed by atoms with Crippen molar-refractivity contribution in [3.8, 4) is 6.07 Å². The van der Waals surface area contributed by atoms with Crippen LogP contribution in [0.4, 0.5) is 0 Å². The second-order valence-corrected chi connectivity index (χ2v) is 5.07. The van der Waals surface area contributed by atoms with E-state index in [9.17, 15) is 4.79 Å². The fourth-order valence-corrected chi connectivity index (χ4v) is 2.31. The maximum Gasteiger partial charge on any atom is 0.192 e. The molecule has 1 aromatic heterocycles. The van der Waals surface area contributed by atoms with Crippen molar-refractivity contribution in [3.05, 3.63) is 15.6 Å². The molecule has 0 aliphatic heterocycles. The van der Waals surface area contributed by atoms with Gasteiger partial charge in [-0.25, -0.2) is 4.98 Å². The third kappa shape index (κ3) is 2.42. The molecule has 1 heterocycles. The predicted molar refractivity (Wildman–Crippen MR) is 59.9 cm³/mol. The van der Waals surface area contributed by atoms with Crippen LogP contribution in [0, 0.1) is 37.0 Å². The molecule has 1 unspecified atom stereocenters. The summed E-state index contributed by atoms with van der Waals surface area (Å²) in [5.74, 6) is -0.594. The van der Waals surface area contributed by atoms with Crippen molar-refractivity contribution in [1.82, 2.24) is 4.98 Å². The first-order valence-electron chi connectivity index (χ1n) is 4.85. The average molecular weight is 222 g/mol. The molecular weight excluding hydrogens is 208 g/mol. The standard InChI is InChI=1S/C11H14N2OS/c1-6(2)9(5-12)10(14)11-7(3)13-8(4)15-11/h6,9H,1-4H3. The summed E-state index contributed by atoms with van der Waals surface area (Å²) in [5, 5.41) is 9.81. The summed E-state index contributed by atoms with van der Waals surface area (Å²) in [6.07, 6.45) is 0. The number of hydrogen-bond acceptors (Lipinski definition) is 4. The minimum Gasteiger partial charge on any atom is -0.292 e. The zero-order chi connectivity index (χ0) is 11.6. The zero-order valence-electron chi connectivity index (χ0n) is 9.37. The second kappa shape index (κ2) is 4.54. The Labute approximate surface area is 93.8 Å². The van der Waals surface area contributed by atoms with Crippen LogP contribution < -0.4 is 0 Å². The highest BCUT2D eigenvalue weighted by Gasteiger charge is 2.26. The van der Waals surface area contributed by atoms with Crippen LogP contribution in [0.2, 0.25) is 0 Å². The Balaban J connectivity index is 3.04. The molecule has 15 heavy (non-hydrogen) atoms. The Hall–Kier alpha value is -1.21. The number of carbonyl (C=O) groups excluding carboxylic acids is 1. The number of ketones is 1. The zero-order valence-corrected chi connectivity index (χ0v) is 10.2. The van der Waals surface area contributed by atoms with Crippen molar-refractivity contribution in [3.63, 3.8) is 0 Å². The smallest absolute Gasteiger partial charge is 0.192 e. The van der Waals surface area contributed by atoms with Gasteiger partial charge in [-0.1, -0.05) is 13.8 Å². The first-order valence-corrected chi connectivity index (χ1v) is 5.67. The lowest BCUT2D eigenvalue weighted by Crippen LogP contribution is -2.18. The molecule has 0 fully saturated rings. The van der Waals surface area contributed by atoms with E-state index < -0.39 is 5.92 Å². The van der Waals surface area contributed by atoms with Gasteiger partial charge in [0.25, 0.3) is 0 Å². The molecule has 3 nitrogen and oxygen atoms in total. The quantitative estimate of drug-likeness (QED) is 0.739. The molecule has 0 aromatic carbocycles. The maximum atomic E-state index is 12.0. The monoisotopic (exact) mass is 222 g/mol. The van der Waals surface area contributed by atoms with Crippen molar-refractivity contribution in [2.45, 2.75) is 27.7 Å². The fraction of sp³-hybridized carbons (Fsp3) is 0.545. The van der Waals surface area contributed by atoms with Gasteiger partial charge in [-0.2, -0.15) is 5.26 Å². The molecule has 0 saturated heterocycles. The summed E-state index contributed by atoms with van der Waals surface area (Å²) < 4.78 is 0. The molecule has 4 heteroatoms. The van der Waals surface area contributed by atoms with Crippen molar-refractivity contribution in [2.24, 2.45) is 11.8 Å². The molecule has 80 valence electrons. The average Bonchev–Trinajstić information content (AvgIpc) is 2.45. The molecule has 0 spiro atoms. The molecule has 1 atom stereocenters. The van der Waals surface area contributed by atoms with E-state index in [1.165, 1.54) is 11.3 Å². The Morgan fingerprint density at radius 2 is 2.07 bits per heavy atom. The number of rotatable bonds is 3. The largest absolute Gasteiger partial charge is 0.292 e. The molecule has 0 bridgehead atoms. The minimum atomic E-state index is -0.552. The van der Waals surface area contributed by atoms with Gasteiger partial charge in [0.15, 0.2) is 5.78 Å². The van der Waals surface area contributed by atoms with Gasteiger partial charge >= 0.3 is 0 Å². The van der Waals surface area contributed by atoms with Crippen LogP contribution in [0.3, 0.4) is 0 Å². The lowest BCUT2D eigenvalue weighted by molar-refractivity contribution is 0.0928. The van der Waals surface area contributed by atoms with E-state index in [0.29, 0.717) is 4.88 Å². The highest BCUT2D eigenvalue weighted by Crippen LogP contribution is 2.24. The molecule has 0 radical (unpaired) electrons. The summed E-state index contributed by atoms with van der Waals surface area (Å²) >= 11 is 1.37. The van der Waals surface area contributed by atoms with Gasteiger partial charge in [-0.15, -0.1) is 11.3 Å². The maximum absolute atomic E-state index is 12.0. The van der Waals surface area contributed by atoms with E-state index in [4.69, 9.17) is 5.26 Å². The Morgan fingerprint density at radius 1 is 1.47 bits per heavy atom. The SMILES string of the molecule is Cc1nc(C)c(C(=O)C(C#N)C(C)C)s1. The number of thiazole rings is 1. The van der Waals surface area contributed by atoms with Gasteiger partial charge in [-0.3, -0.25) is 4.79 Å². The van der Waals surface area contributed by atoms with Crippen LogP contribution in [-0.4, -0.2) is 10.8 Å². The van der Waals surface area contributed by atoms with Crippen LogP contribution >= 0.6 is 11.3 Å². The van der Waals surface area contributed by atoms with Gasteiger partial charge < -0.3 is 0 Å². The lowest BCUT2D eigenvalue weighted by atomic mass is 9.92. The Kier molecular flexibility index (Phi) is 3.59. The molecule has 1 rings (SSSR count). The first-order chi connectivity index (χ1) is 6.97. The Bertz CT molecular complexity index is 415. The van der Waals surface area contributed by atoms with E-state index in [1.54, 1.807) is 0 Å². The van der Waals surface area contributed by atoms with Crippen molar-refractivity contribution >= 4 is 17.1 Å². The van der Waals surface area contributed by atoms with E-state index in [0.717, 1.165) is 10.7 Å². The summed E-state index contributed by atoms with van der Waals surface area (Å²) in [6.45, 7) is 7.45. The highest BCUT2D eigenvalue weighted by atomic mass is 32.1. The van der Waals surface area contributed by atoms with Gasteiger partial charge in [0.05, 0.1) is 21.6 Å². The van der Waals surface area contributed by atoms with Gasteiger partial charge in [0, 0.05) is 0 Å². The molecule has 1 aromatic rings. The van der Waals surface area contributed by atoms with Crippen LogP contribution in [0.25, 0.3) is 0 Å². The number of carbonyl (C=O) groups is 1. The summed E-state index contributed by atoms with van der Waals surface area (Å²) in [4.78, 5) is 16.8. The van der Waals surface area contributed by atoms with E-state index in [1.807, 2.05) is 27.7 Å². The highest BCUT2D eigenvalue weighted by molar-refractivity contribution is 7.13. The van der Waals surface area contributed by atoms with Crippen molar-refractivity contribution < 1.29 is 4.79 Å². The summed E-state index contributed by atoms with van der Waals surface area (Å²) in [5.41, 5.74) is 0.739. The molecular formula is C11H14N2OS. The van der Waals surface area contributed by atoms with Crippen LogP contribution in [0.5, 0.6) is 0 Å². The number of hydrogen-bond donors (Lipinski definition) is 0. The molecule has 0 aliphatic carbocycles. The van der Waals surface area contributed by atoms with Crippen LogP contribution in [0.1, 0.15) is 34.2 Å². The summed E-state index contributed by atoms with van der Waals surface area (Å²) in [6, 6.07) is 2.07. The third-order valence-corrected chi connectivity index (χ3v) is 3.30. The van der Waals surface area contributed by atoms with Gasteiger partial charge in [0.2, 0.25) is 0 Å². The van der Waals surface area contributed by atoms with Crippen molar-refractivity contribution in [2.75, 3.05) is 0 Å². The normalized spacial score (nSPS) is 12.5. The van der Waals surface area contributed by atoms with Crippen LogP contribution in [-0.2, 0) is 0 Å². The Morgan fingerprint density at radius 3 is 2.40 bits per heavy atom. The van der Waals surface area contributed by atoms with E-state index in [2.05, 4.69) is 11.1 Å². The molecule has 0 saturated carbocycles. The van der Waals surface area contributed by atoms with Crippen molar-refractivity contribution in [1.29, 1.82) is 5.26 Å². The van der Waals surface area contributed by atoms with Crippen LogP contribution in [0.15, 0.2) is 0 Å². The first kappa shape index (κ1) is 11.9. The fourth-order valence-electron chi connectivity index (χ4n) is 1.41. The van der Waals surface area contributed by atoms with Gasteiger partial charge in [-0.05, 0) is 19.8 Å². The number of nitrogens with zero attached hydrogens (tertiary/aromatic N) is 2. The van der Waals surface area contributed by atoms with E-state index >= 15 is 0 Å². The summed E-state index contributed by atoms with van der Waals surface area (Å²) in [7, 11) is 0. The minimum absolute atomic E-state index is 0.0457. The number of Topliss-reactive ketones (excluding diaryl/α,β-unsaturated/α-hetero) is 1. The molecule has 0 amide bonds. The van der Waals surface area contributed by atoms with E-state index in [-0.39, 0.29) is 11.7 Å². The topological polar surface area (TPSA) is 53.8 Å². The number of aromatic nitrogens is 1.